The Labute approximate surface area is 70.1 Å². The van der Waals surface area contributed by atoms with Crippen molar-refractivity contribution in [2.24, 2.45) is 0 Å². The summed E-state index contributed by atoms with van der Waals surface area (Å²) >= 11 is 0. The standard InChI is InChI=1S/C7H14O3Si/c1-4-9-11-10-6(2)7(3)5-8-7/h6H,4-5H2,1-3H3. The van der Waals surface area contributed by atoms with E-state index in [0.29, 0.717) is 6.61 Å². The zero-order valence-electron chi connectivity index (χ0n) is 7.22. The van der Waals surface area contributed by atoms with Crippen LogP contribution in [0.15, 0.2) is 0 Å². The minimum atomic E-state index is -0.0376. The molecule has 64 valence electrons. The molecule has 0 amide bonds. The highest BCUT2D eigenvalue weighted by Crippen LogP contribution is 2.31. The second kappa shape index (κ2) is 3.67. The van der Waals surface area contributed by atoms with Crippen molar-refractivity contribution in [3.63, 3.8) is 0 Å². The first-order chi connectivity index (χ1) is 5.19. The van der Waals surface area contributed by atoms with E-state index in [1.54, 1.807) is 0 Å². The lowest BCUT2D eigenvalue weighted by atomic mass is 10.1. The van der Waals surface area contributed by atoms with E-state index in [2.05, 4.69) is 0 Å². The Kier molecular flexibility index (Phi) is 3.06. The van der Waals surface area contributed by atoms with E-state index >= 15 is 0 Å². The molecule has 0 saturated carbocycles. The zero-order chi connectivity index (χ0) is 8.32. The SMILES string of the molecule is CCO[Si]OC(C)C1(C)CO1. The van der Waals surface area contributed by atoms with Crippen LogP contribution >= 0.6 is 0 Å². The fourth-order valence-electron chi connectivity index (χ4n) is 0.638. The van der Waals surface area contributed by atoms with E-state index in [4.69, 9.17) is 13.6 Å². The molecule has 2 atom stereocenters. The molecule has 1 aliphatic heterocycles. The lowest BCUT2D eigenvalue weighted by molar-refractivity contribution is 0.0999. The molecule has 0 spiro atoms. The molecular weight excluding hydrogens is 160 g/mol. The van der Waals surface area contributed by atoms with Gasteiger partial charge in [-0.15, -0.1) is 0 Å². The normalized spacial score (nSPS) is 31.9. The molecule has 2 unspecified atom stereocenters. The number of hydrogen-bond acceptors (Lipinski definition) is 3. The zero-order valence-corrected chi connectivity index (χ0v) is 8.22. The van der Waals surface area contributed by atoms with Crippen molar-refractivity contribution < 1.29 is 13.6 Å². The monoisotopic (exact) mass is 174 g/mol. The first-order valence-electron chi connectivity index (χ1n) is 3.85. The van der Waals surface area contributed by atoms with Gasteiger partial charge in [-0.2, -0.15) is 0 Å². The van der Waals surface area contributed by atoms with Crippen molar-refractivity contribution in [1.29, 1.82) is 0 Å². The maximum absolute atomic E-state index is 5.39. The minimum Gasteiger partial charge on any atom is -0.393 e. The van der Waals surface area contributed by atoms with Gasteiger partial charge in [0.2, 0.25) is 0 Å². The van der Waals surface area contributed by atoms with Crippen LogP contribution in [0.5, 0.6) is 0 Å². The lowest BCUT2D eigenvalue weighted by Crippen LogP contribution is -2.28. The highest BCUT2D eigenvalue weighted by Gasteiger charge is 2.45. The molecule has 3 nitrogen and oxygen atoms in total. The third-order valence-electron chi connectivity index (χ3n) is 1.89. The van der Waals surface area contributed by atoms with Crippen LogP contribution in [0.3, 0.4) is 0 Å². The van der Waals surface area contributed by atoms with Crippen LogP contribution in [-0.4, -0.2) is 34.9 Å². The molecule has 1 saturated heterocycles. The van der Waals surface area contributed by atoms with E-state index in [1.807, 2.05) is 20.8 Å². The average Bonchev–Trinajstić information content (AvgIpc) is 2.70. The van der Waals surface area contributed by atoms with Crippen LogP contribution < -0.4 is 0 Å². The van der Waals surface area contributed by atoms with Crippen molar-refractivity contribution in [2.45, 2.75) is 32.5 Å². The molecule has 0 aromatic carbocycles. The Morgan fingerprint density at radius 3 is 2.82 bits per heavy atom. The molecule has 0 N–H and O–H groups in total. The summed E-state index contributed by atoms with van der Waals surface area (Å²) < 4.78 is 15.7. The first-order valence-corrected chi connectivity index (χ1v) is 4.67. The van der Waals surface area contributed by atoms with Crippen molar-refractivity contribution in [3.05, 3.63) is 0 Å². The fourth-order valence-corrected chi connectivity index (χ4v) is 1.22. The summed E-state index contributed by atoms with van der Waals surface area (Å²) in [6.45, 7) is 7.54. The second-order valence-electron chi connectivity index (χ2n) is 2.88. The smallest absolute Gasteiger partial charge is 0.393 e. The van der Waals surface area contributed by atoms with E-state index in [1.165, 1.54) is 0 Å². The number of hydrogen-bond donors (Lipinski definition) is 0. The summed E-state index contributed by atoms with van der Waals surface area (Å²) in [5.74, 6) is 0. The lowest BCUT2D eigenvalue weighted by Gasteiger charge is -2.15. The van der Waals surface area contributed by atoms with Crippen LogP contribution in [0.2, 0.25) is 0 Å². The molecule has 1 rings (SSSR count). The topological polar surface area (TPSA) is 31.0 Å². The molecule has 4 heteroatoms. The van der Waals surface area contributed by atoms with Gasteiger partial charge in [-0.25, -0.2) is 0 Å². The van der Waals surface area contributed by atoms with Gasteiger partial charge in [0.25, 0.3) is 0 Å². The van der Waals surface area contributed by atoms with Crippen LogP contribution in [0.4, 0.5) is 0 Å². The Bertz CT molecular complexity index is 125. The van der Waals surface area contributed by atoms with Gasteiger partial charge < -0.3 is 13.6 Å². The molecule has 1 fully saturated rings. The van der Waals surface area contributed by atoms with Gasteiger partial charge in [-0.3, -0.25) is 0 Å². The fraction of sp³-hybridized carbons (Fsp3) is 1.00. The van der Waals surface area contributed by atoms with E-state index in [9.17, 15) is 0 Å². The Morgan fingerprint density at radius 2 is 2.36 bits per heavy atom. The largest absolute Gasteiger partial charge is 0.433 e. The molecule has 1 aliphatic rings. The predicted octanol–water partition coefficient (Wildman–Crippen LogP) is 0.751. The van der Waals surface area contributed by atoms with Gasteiger partial charge in [-0.1, -0.05) is 0 Å². The van der Waals surface area contributed by atoms with Gasteiger partial charge >= 0.3 is 10.0 Å². The van der Waals surface area contributed by atoms with Crippen LogP contribution in [-0.2, 0) is 13.6 Å². The summed E-state index contributed by atoms with van der Waals surface area (Å²) in [7, 11) is 0.146. The number of epoxide rings is 1. The van der Waals surface area contributed by atoms with E-state index in [-0.39, 0.29) is 21.7 Å². The van der Waals surface area contributed by atoms with Gasteiger partial charge in [0.15, 0.2) is 0 Å². The summed E-state index contributed by atoms with van der Waals surface area (Å²) in [4.78, 5) is 0. The molecule has 0 bridgehead atoms. The second-order valence-corrected chi connectivity index (χ2v) is 3.57. The third-order valence-corrected chi connectivity index (χ3v) is 2.74. The maximum Gasteiger partial charge on any atom is 0.433 e. The van der Waals surface area contributed by atoms with Gasteiger partial charge in [0, 0.05) is 6.61 Å². The van der Waals surface area contributed by atoms with Crippen LogP contribution in [0, 0.1) is 0 Å². The summed E-state index contributed by atoms with van der Waals surface area (Å²) in [5, 5.41) is 0. The molecule has 1 heterocycles. The third kappa shape index (κ3) is 2.55. The average molecular weight is 174 g/mol. The first kappa shape index (κ1) is 9.19. The van der Waals surface area contributed by atoms with Crippen molar-refractivity contribution in [1.82, 2.24) is 0 Å². The van der Waals surface area contributed by atoms with Gasteiger partial charge in [0.05, 0.1) is 12.7 Å². The molecular formula is C7H14O3Si. The minimum absolute atomic E-state index is 0.0376. The summed E-state index contributed by atoms with van der Waals surface area (Å²) in [6.07, 6.45) is 0.146. The van der Waals surface area contributed by atoms with Crippen LogP contribution in [0.1, 0.15) is 20.8 Å². The van der Waals surface area contributed by atoms with Crippen LogP contribution in [0.25, 0.3) is 0 Å². The van der Waals surface area contributed by atoms with E-state index < -0.39 is 0 Å². The molecule has 0 aromatic rings. The van der Waals surface area contributed by atoms with Crippen molar-refractivity contribution in [2.75, 3.05) is 13.2 Å². The van der Waals surface area contributed by atoms with Crippen molar-refractivity contribution in [3.8, 4) is 0 Å². The quantitative estimate of drug-likeness (QED) is 0.350. The van der Waals surface area contributed by atoms with Gasteiger partial charge in [-0.05, 0) is 20.8 Å². The van der Waals surface area contributed by atoms with E-state index in [0.717, 1.165) is 6.61 Å². The Hall–Kier alpha value is 0.0969. The highest BCUT2D eigenvalue weighted by atomic mass is 28.3. The molecule has 0 aromatic heterocycles. The summed E-state index contributed by atoms with van der Waals surface area (Å²) in [6, 6.07) is 0. The summed E-state index contributed by atoms with van der Waals surface area (Å²) in [5.41, 5.74) is -0.0376. The van der Waals surface area contributed by atoms with Gasteiger partial charge in [0.1, 0.15) is 5.60 Å². The maximum atomic E-state index is 5.39. The molecule has 0 aliphatic carbocycles. The number of rotatable bonds is 5. The number of ether oxygens (including phenoxy) is 1. The Balaban J connectivity index is 2.06. The highest BCUT2D eigenvalue weighted by molar-refractivity contribution is 6.18. The predicted molar refractivity (Wildman–Crippen MR) is 42.3 cm³/mol. The molecule has 11 heavy (non-hydrogen) atoms. The molecule has 2 radical (unpaired) electrons. The Morgan fingerprint density at radius 1 is 1.73 bits per heavy atom. The van der Waals surface area contributed by atoms with Crippen molar-refractivity contribution >= 4 is 10.0 Å².